The summed E-state index contributed by atoms with van der Waals surface area (Å²) in [6.45, 7) is 10.5. The summed E-state index contributed by atoms with van der Waals surface area (Å²) >= 11 is 0. The first kappa shape index (κ1) is 19.4. The van der Waals surface area contributed by atoms with Crippen LogP contribution in [0.25, 0.3) is 0 Å². The van der Waals surface area contributed by atoms with Crippen LogP contribution in [-0.2, 0) is 19.1 Å². The Balaban J connectivity index is 2.50. The van der Waals surface area contributed by atoms with Gasteiger partial charge in [0.25, 0.3) is 0 Å². The summed E-state index contributed by atoms with van der Waals surface area (Å²) in [5.41, 5.74) is -0.782. The van der Waals surface area contributed by atoms with E-state index in [2.05, 4.69) is 6.58 Å². The molecule has 4 atom stereocenters. The van der Waals surface area contributed by atoms with Crippen molar-refractivity contribution in [2.45, 2.75) is 64.4 Å². The van der Waals surface area contributed by atoms with E-state index in [4.69, 9.17) is 9.47 Å². The van der Waals surface area contributed by atoms with Crippen LogP contribution in [0, 0.1) is 5.92 Å². The van der Waals surface area contributed by atoms with Gasteiger partial charge in [-0.25, -0.2) is 4.79 Å². The van der Waals surface area contributed by atoms with E-state index < -0.39 is 41.8 Å². The first-order valence-corrected chi connectivity index (χ1v) is 8.44. The first-order valence-electron chi connectivity index (χ1n) is 8.44. The second-order valence-corrected chi connectivity index (χ2v) is 7.09. The highest BCUT2D eigenvalue weighted by Gasteiger charge is 2.58. The monoisotopic (exact) mass is 350 g/mol. The van der Waals surface area contributed by atoms with E-state index in [9.17, 15) is 19.8 Å². The van der Waals surface area contributed by atoms with Gasteiger partial charge in [-0.2, -0.15) is 0 Å². The van der Waals surface area contributed by atoms with Crippen molar-refractivity contribution in [2.75, 3.05) is 0 Å². The molecule has 0 saturated carbocycles. The van der Waals surface area contributed by atoms with E-state index in [-0.39, 0.29) is 5.57 Å². The summed E-state index contributed by atoms with van der Waals surface area (Å²) in [5, 5.41) is 22.0. The molecule has 0 aromatic rings. The molecule has 2 N–H and O–H groups in total. The second kappa shape index (κ2) is 7.14. The first-order chi connectivity index (χ1) is 11.6. The third-order valence-electron chi connectivity index (χ3n) is 4.74. The minimum absolute atomic E-state index is 0.243. The Kier molecular flexibility index (Phi) is 5.54. The number of aliphatic hydroxyl groups excluding tert-OH is 1. The second-order valence-electron chi connectivity index (χ2n) is 7.09. The van der Waals surface area contributed by atoms with Gasteiger partial charge >= 0.3 is 11.9 Å². The van der Waals surface area contributed by atoms with Crippen LogP contribution in [0.3, 0.4) is 0 Å². The quantitative estimate of drug-likeness (QED) is 0.448. The van der Waals surface area contributed by atoms with Crippen LogP contribution in [0.1, 0.15) is 40.5 Å². The maximum atomic E-state index is 12.1. The van der Waals surface area contributed by atoms with Gasteiger partial charge in [-0.1, -0.05) is 32.1 Å². The predicted molar refractivity (Wildman–Crippen MR) is 91.4 cm³/mol. The van der Waals surface area contributed by atoms with Crippen LogP contribution >= 0.6 is 0 Å². The highest BCUT2D eigenvalue weighted by molar-refractivity contribution is 5.93. The number of rotatable bonds is 2. The molecule has 1 fully saturated rings. The summed E-state index contributed by atoms with van der Waals surface area (Å²) < 4.78 is 10.7. The van der Waals surface area contributed by atoms with E-state index in [1.54, 1.807) is 26.8 Å². The lowest BCUT2D eigenvalue weighted by molar-refractivity contribution is -0.170. The van der Waals surface area contributed by atoms with E-state index in [0.717, 1.165) is 5.57 Å². The molecule has 0 unspecified atom stereocenters. The largest absolute Gasteiger partial charge is 0.455 e. The van der Waals surface area contributed by atoms with Gasteiger partial charge in [-0.05, 0) is 38.3 Å². The van der Waals surface area contributed by atoms with Crippen LogP contribution in [-0.4, -0.2) is 46.1 Å². The zero-order valence-electron chi connectivity index (χ0n) is 15.1. The SMILES string of the molecule is C=C1C(=O)O[C@@H]2/C=C(/C)CC/C=C(/C)[C@@H](OC(=O)C(C)C)[C@H](O)[C@@]12O. The molecule has 0 aromatic carbocycles. The Morgan fingerprint density at radius 1 is 1.44 bits per heavy atom. The molecule has 1 aliphatic carbocycles. The van der Waals surface area contributed by atoms with Gasteiger partial charge in [-0.15, -0.1) is 0 Å². The molecule has 1 aliphatic heterocycles. The van der Waals surface area contributed by atoms with Crippen LogP contribution in [0.5, 0.6) is 0 Å². The zero-order chi connectivity index (χ0) is 18.9. The molecule has 1 saturated heterocycles. The van der Waals surface area contributed by atoms with Crippen LogP contribution in [0.15, 0.2) is 35.5 Å². The molecule has 1 heterocycles. The molecule has 2 aliphatic rings. The van der Waals surface area contributed by atoms with E-state index in [1.165, 1.54) is 0 Å². The van der Waals surface area contributed by atoms with Gasteiger partial charge < -0.3 is 19.7 Å². The van der Waals surface area contributed by atoms with Gasteiger partial charge in [0, 0.05) is 0 Å². The Labute approximate surface area is 147 Å². The third kappa shape index (κ3) is 3.55. The highest BCUT2D eigenvalue weighted by atomic mass is 16.6. The molecule has 25 heavy (non-hydrogen) atoms. The van der Waals surface area contributed by atoms with Gasteiger partial charge in [0.05, 0.1) is 11.5 Å². The minimum atomic E-state index is -2.06. The topological polar surface area (TPSA) is 93.1 Å². The van der Waals surface area contributed by atoms with Crippen molar-refractivity contribution in [1.29, 1.82) is 0 Å². The Bertz CT molecular complexity index is 644. The zero-order valence-corrected chi connectivity index (χ0v) is 15.1. The molecule has 0 amide bonds. The summed E-state index contributed by atoms with van der Waals surface area (Å²) in [6, 6.07) is 0. The van der Waals surface area contributed by atoms with Crippen molar-refractivity contribution in [3.8, 4) is 0 Å². The molecule has 138 valence electrons. The summed E-state index contributed by atoms with van der Waals surface area (Å²) in [4.78, 5) is 24.0. The van der Waals surface area contributed by atoms with Crippen molar-refractivity contribution in [1.82, 2.24) is 0 Å². The molecule has 6 heteroatoms. The number of allylic oxidation sites excluding steroid dienone is 2. The van der Waals surface area contributed by atoms with Crippen molar-refractivity contribution in [3.63, 3.8) is 0 Å². The summed E-state index contributed by atoms with van der Waals surface area (Å²) in [7, 11) is 0. The fourth-order valence-corrected chi connectivity index (χ4v) is 3.00. The molecule has 0 aromatic heterocycles. The van der Waals surface area contributed by atoms with Crippen molar-refractivity contribution in [2.24, 2.45) is 5.92 Å². The molecule has 2 rings (SSSR count). The Morgan fingerprint density at radius 3 is 2.68 bits per heavy atom. The maximum absolute atomic E-state index is 12.1. The average molecular weight is 350 g/mol. The molecule has 0 bridgehead atoms. The number of carbonyl (C=O) groups excluding carboxylic acids is 2. The van der Waals surface area contributed by atoms with E-state index in [1.807, 2.05) is 13.0 Å². The number of fused-ring (bicyclic) bond motifs is 1. The van der Waals surface area contributed by atoms with Crippen LogP contribution < -0.4 is 0 Å². The van der Waals surface area contributed by atoms with Gasteiger partial charge in [0.1, 0.15) is 6.10 Å². The Morgan fingerprint density at radius 2 is 2.08 bits per heavy atom. The van der Waals surface area contributed by atoms with Gasteiger partial charge in [-0.3, -0.25) is 4.79 Å². The molecule has 6 nitrogen and oxygen atoms in total. The maximum Gasteiger partial charge on any atom is 0.337 e. The van der Waals surface area contributed by atoms with Crippen LogP contribution in [0.4, 0.5) is 0 Å². The fraction of sp³-hybridized carbons (Fsp3) is 0.579. The van der Waals surface area contributed by atoms with Crippen molar-refractivity contribution < 1.29 is 29.3 Å². The standard InChI is InChI=1S/C19H26O6/c1-10(2)17(21)25-15-12(4)8-6-7-11(3)9-14-19(23,16(15)20)13(5)18(22)24-14/h8-10,14-16,20,23H,5-7H2,1-4H3/b11-9-,12-8-/t14-,15-,16+,19-/m1/s1. The molecular weight excluding hydrogens is 324 g/mol. The van der Waals surface area contributed by atoms with Crippen molar-refractivity contribution >= 4 is 11.9 Å². The Hall–Kier alpha value is -1.92. The fourth-order valence-electron chi connectivity index (χ4n) is 3.00. The molecule has 0 radical (unpaired) electrons. The lowest BCUT2D eigenvalue weighted by atomic mass is 9.79. The summed E-state index contributed by atoms with van der Waals surface area (Å²) in [5.74, 6) is -1.67. The lowest BCUT2D eigenvalue weighted by Gasteiger charge is -2.37. The molecular formula is C19H26O6. The van der Waals surface area contributed by atoms with Gasteiger partial charge in [0.2, 0.25) is 0 Å². The van der Waals surface area contributed by atoms with E-state index >= 15 is 0 Å². The number of esters is 2. The number of ether oxygens (including phenoxy) is 2. The highest BCUT2D eigenvalue weighted by Crippen LogP contribution is 2.39. The number of aliphatic hydroxyl groups is 2. The lowest BCUT2D eigenvalue weighted by Crippen LogP contribution is -2.56. The summed E-state index contributed by atoms with van der Waals surface area (Å²) in [6.07, 6.45) is 1.09. The number of hydrogen-bond acceptors (Lipinski definition) is 6. The predicted octanol–water partition coefficient (Wildman–Crippen LogP) is 1.81. The number of carbonyl (C=O) groups is 2. The normalized spacial score (nSPS) is 37.5. The van der Waals surface area contributed by atoms with Crippen LogP contribution in [0.2, 0.25) is 0 Å². The average Bonchev–Trinajstić information content (AvgIpc) is 2.75. The molecule has 0 spiro atoms. The number of hydrogen-bond donors (Lipinski definition) is 2. The third-order valence-corrected chi connectivity index (χ3v) is 4.74. The van der Waals surface area contributed by atoms with Crippen molar-refractivity contribution in [3.05, 3.63) is 35.5 Å². The van der Waals surface area contributed by atoms with E-state index in [0.29, 0.717) is 18.4 Å². The van der Waals surface area contributed by atoms with Gasteiger partial charge in [0.15, 0.2) is 17.8 Å². The minimum Gasteiger partial charge on any atom is -0.455 e. The smallest absolute Gasteiger partial charge is 0.337 e.